The highest BCUT2D eigenvalue weighted by Crippen LogP contribution is 2.28. The number of hydrogen-bond acceptors (Lipinski definition) is 20. The minimum Gasteiger partial charge on any atom is -0.487 e. The van der Waals surface area contributed by atoms with Gasteiger partial charge >= 0.3 is 6.09 Å². The second kappa shape index (κ2) is 47.9. The zero-order valence-corrected chi connectivity index (χ0v) is 66.1. The van der Waals surface area contributed by atoms with E-state index in [2.05, 4.69) is 62.6 Å². The highest BCUT2D eigenvalue weighted by molar-refractivity contribution is 6.06. The Balaban J connectivity index is 1.01. The Bertz CT molecular complexity index is 4040. The Hall–Kier alpha value is -10.4. The first-order valence-electron chi connectivity index (χ1n) is 39.0. The average Bonchev–Trinajstić information content (AvgIpc) is 0.829. The van der Waals surface area contributed by atoms with Gasteiger partial charge in [-0.3, -0.25) is 58.0 Å². The molecule has 9 amide bonds. The van der Waals surface area contributed by atoms with Crippen molar-refractivity contribution in [1.82, 2.24) is 67.5 Å². The highest BCUT2D eigenvalue weighted by Gasteiger charge is 2.27. The van der Waals surface area contributed by atoms with Crippen molar-refractivity contribution in [1.29, 1.82) is 0 Å². The van der Waals surface area contributed by atoms with Crippen LogP contribution in [0.5, 0.6) is 11.5 Å². The van der Waals surface area contributed by atoms with Gasteiger partial charge in [-0.2, -0.15) is 0 Å². The van der Waals surface area contributed by atoms with Crippen molar-refractivity contribution >= 4 is 53.4 Å². The monoisotopic (exact) mass is 1560 g/mol. The molecule has 610 valence electrons. The fraction of sp³-hybridized carbons (Fsp3) is 0.464. The van der Waals surface area contributed by atoms with Crippen molar-refractivity contribution in [3.05, 3.63) is 200 Å². The number of alkyl carbamates (subject to hydrolysis) is 1. The van der Waals surface area contributed by atoms with E-state index in [1.54, 1.807) is 107 Å². The lowest BCUT2D eigenvalue weighted by Gasteiger charge is -2.28. The molecule has 2 aliphatic heterocycles. The molecule has 0 atom stereocenters. The molecule has 29 nitrogen and oxygen atoms in total. The summed E-state index contributed by atoms with van der Waals surface area (Å²) in [7, 11) is 0. The van der Waals surface area contributed by atoms with Gasteiger partial charge in [0.1, 0.15) is 30.3 Å². The lowest BCUT2D eigenvalue weighted by Crippen LogP contribution is -2.46. The van der Waals surface area contributed by atoms with Gasteiger partial charge in [0.2, 0.25) is 0 Å². The first kappa shape index (κ1) is 88.2. The Morgan fingerprint density at radius 1 is 0.345 bits per heavy atom. The minimum absolute atomic E-state index is 0.0424. The van der Waals surface area contributed by atoms with Gasteiger partial charge in [0.25, 0.3) is 47.3 Å². The predicted octanol–water partition coefficient (Wildman–Crippen LogP) is 5.64. The quantitative estimate of drug-likeness (QED) is 0.0297. The fourth-order valence-corrected chi connectivity index (χ4v) is 12.5. The van der Waals surface area contributed by atoms with Crippen LogP contribution >= 0.6 is 0 Å². The van der Waals surface area contributed by atoms with Crippen molar-refractivity contribution in [3.63, 3.8) is 0 Å². The highest BCUT2D eigenvalue weighted by atomic mass is 16.6. The average molecular weight is 1560 g/mol. The van der Waals surface area contributed by atoms with Gasteiger partial charge in [-0.1, -0.05) is 91.9 Å². The molecule has 9 N–H and O–H groups in total. The number of benzene rings is 6. The Morgan fingerprint density at radius 2 is 0.611 bits per heavy atom. The van der Waals surface area contributed by atoms with Crippen LogP contribution in [0.3, 0.4) is 0 Å². The third-order valence-corrected chi connectivity index (χ3v) is 18.7. The maximum atomic E-state index is 14.6. The van der Waals surface area contributed by atoms with E-state index in [0.717, 1.165) is 17.5 Å². The van der Waals surface area contributed by atoms with E-state index < -0.39 is 47.1 Å². The van der Waals surface area contributed by atoms with Crippen molar-refractivity contribution < 1.29 is 76.3 Å². The predicted molar refractivity (Wildman–Crippen MR) is 429 cm³/mol. The van der Waals surface area contributed by atoms with Crippen LogP contribution in [0.25, 0.3) is 0 Å². The van der Waals surface area contributed by atoms with Crippen molar-refractivity contribution in [2.45, 2.75) is 66.8 Å². The number of nitrogens with zero attached hydrogens (tertiary/aromatic N) is 4. The molecule has 8 rings (SSSR count). The van der Waals surface area contributed by atoms with E-state index in [4.69, 9.17) is 33.2 Å². The van der Waals surface area contributed by atoms with Gasteiger partial charge < -0.3 is 81.0 Å². The van der Waals surface area contributed by atoms with Crippen LogP contribution in [0.4, 0.5) is 4.79 Å². The molecule has 8 bridgehead atoms. The summed E-state index contributed by atoms with van der Waals surface area (Å²) in [6.07, 6.45) is 0.364. The van der Waals surface area contributed by atoms with E-state index in [9.17, 15) is 43.2 Å². The first-order valence-corrected chi connectivity index (χ1v) is 39.0. The van der Waals surface area contributed by atoms with Gasteiger partial charge in [0.15, 0.2) is 0 Å². The standard InChI is InChI=1S/C84H113N13O16/c1-7-51-107-55-57-109-53-49-96-43-34-87-77(100)67-24-14-22-65(61(67)2)75(98)85-30-39-94(41-32-89-79(102)69-26-16-28-71(81(104)91-36-45-96)73(69)111-59-63-18-10-8-11-19-63)47-48-95-40-31-86-76(99)66-23-15-25-68(62(66)3)78(101)88-35-44-97(50-54-110-58-56-108-52-38-93-83(106)113-84(4,5)6)46-37-92-82(105)72-29-17-27-70(80(103)90-33-42-95)74(72)112-60-64-20-12-9-13-21-64/h8-29H,7,30-60H2,1-6H3,(H,85,98)(H,86,99)(H,87,100)(H,88,101)(H,89,102)(H,90,103)(H,91,104)(H,92,105)(H,93,106). The Morgan fingerprint density at radius 3 is 0.903 bits per heavy atom. The van der Waals surface area contributed by atoms with Gasteiger partial charge in [0, 0.05) is 166 Å². The third kappa shape index (κ3) is 30.2. The van der Waals surface area contributed by atoms with Crippen LogP contribution in [-0.4, -0.2) is 269 Å². The fourth-order valence-electron chi connectivity index (χ4n) is 12.5. The largest absolute Gasteiger partial charge is 0.487 e. The molecule has 0 aliphatic carbocycles. The maximum absolute atomic E-state index is 14.6. The van der Waals surface area contributed by atoms with Crippen molar-refractivity contribution in [2.75, 3.05) is 190 Å². The molecule has 113 heavy (non-hydrogen) atoms. The molecule has 0 aromatic heterocycles. The number of carbonyl (C=O) groups excluding carboxylic acids is 9. The number of fused-ring (bicyclic) bond motifs is 8. The van der Waals surface area contributed by atoms with Gasteiger partial charge in [-0.15, -0.1) is 0 Å². The molecule has 2 aliphatic rings. The molecule has 0 spiro atoms. The molecule has 6 aromatic rings. The van der Waals surface area contributed by atoms with Crippen LogP contribution in [0.2, 0.25) is 0 Å². The molecule has 2 heterocycles. The smallest absolute Gasteiger partial charge is 0.407 e. The number of carbonyl (C=O) groups is 9. The van der Waals surface area contributed by atoms with Crippen molar-refractivity contribution in [3.8, 4) is 11.5 Å². The zero-order valence-electron chi connectivity index (χ0n) is 66.1. The van der Waals surface area contributed by atoms with E-state index in [1.165, 1.54) is 0 Å². The summed E-state index contributed by atoms with van der Waals surface area (Å²) >= 11 is 0. The first-order chi connectivity index (χ1) is 54.8. The molecule has 0 saturated carbocycles. The number of para-hydroxylation sites is 2. The van der Waals surface area contributed by atoms with Crippen LogP contribution in [-0.2, 0) is 36.9 Å². The van der Waals surface area contributed by atoms with Gasteiger partial charge in [-0.25, -0.2) is 4.79 Å². The second-order valence-corrected chi connectivity index (χ2v) is 28.2. The summed E-state index contributed by atoms with van der Waals surface area (Å²) in [5.41, 5.74) is 3.77. The normalized spacial score (nSPS) is 16.1. The number of ether oxygens (including phenoxy) is 7. The van der Waals surface area contributed by atoms with Crippen molar-refractivity contribution in [2.24, 2.45) is 0 Å². The van der Waals surface area contributed by atoms with E-state index in [1.807, 2.05) is 72.5 Å². The van der Waals surface area contributed by atoms with Gasteiger partial charge in [0.05, 0.1) is 68.5 Å². The summed E-state index contributed by atoms with van der Waals surface area (Å²) < 4.78 is 41.2. The topological polar surface area (TPSA) is 339 Å². The summed E-state index contributed by atoms with van der Waals surface area (Å²) in [6, 6.07) is 38.4. The SMILES string of the molecule is CCCOCCOCCN1CCNC(=O)c2cccc(c2C)C(=O)NCCN(CCN2CCNC(=O)c3cccc(c3C)C(=O)NCCN(CCOCCOCCNC(=O)OC(C)(C)C)CCNC(=O)c3cccc(c3OCc3ccccc3)C(=O)NCC2)CCNC(=O)c2cccc(c2OCc2ccccc2)C(=O)NCC1. The van der Waals surface area contributed by atoms with Crippen LogP contribution in [0.15, 0.2) is 133 Å². The summed E-state index contributed by atoms with van der Waals surface area (Å²) in [6.45, 7) is 19.6. The lowest BCUT2D eigenvalue weighted by molar-refractivity contribution is 0.0346. The van der Waals surface area contributed by atoms with E-state index >= 15 is 0 Å². The third-order valence-electron chi connectivity index (χ3n) is 18.7. The molecular formula is C84H113N13O16. The van der Waals surface area contributed by atoms with E-state index in [-0.39, 0.29) is 170 Å². The molecule has 0 radical (unpaired) electrons. The molecule has 0 saturated heterocycles. The maximum Gasteiger partial charge on any atom is 0.407 e. The molecule has 6 aromatic carbocycles. The summed E-state index contributed by atoms with van der Waals surface area (Å²) in [4.78, 5) is 135. The zero-order chi connectivity index (χ0) is 80.6. The molecule has 29 heteroatoms. The number of nitrogens with one attached hydrogen (secondary N) is 9. The van der Waals surface area contributed by atoms with Crippen LogP contribution in [0, 0.1) is 13.8 Å². The number of rotatable bonds is 26. The lowest BCUT2D eigenvalue weighted by atomic mass is 10.0. The second-order valence-electron chi connectivity index (χ2n) is 28.2. The molecule has 0 fully saturated rings. The van der Waals surface area contributed by atoms with Gasteiger partial charge in [-0.05, 0) is 112 Å². The van der Waals surface area contributed by atoms with Crippen LogP contribution < -0.4 is 57.3 Å². The van der Waals surface area contributed by atoms with E-state index in [0.29, 0.717) is 112 Å². The number of amides is 9. The number of hydrogen-bond donors (Lipinski definition) is 9. The summed E-state index contributed by atoms with van der Waals surface area (Å²) in [5, 5.41) is 27.0. The Kier molecular flexibility index (Phi) is 37.4. The van der Waals surface area contributed by atoms with Crippen LogP contribution in [0.1, 0.15) is 139 Å². The Labute approximate surface area is 662 Å². The summed E-state index contributed by atoms with van der Waals surface area (Å²) in [5.74, 6) is -3.31. The molecular weight excluding hydrogens is 1450 g/mol. The molecule has 0 unspecified atom stereocenters. The minimum atomic E-state index is -0.623.